The molecule has 1 aromatic heterocycles. The van der Waals surface area contributed by atoms with Gasteiger partial charge in [0.25, 0.3) is 0 Å². The molecule has 0 aliphatic heterocycles. The zero-order chi connectivity index (χ0) is 8.81. The minimum atomic E-state index is -0.654. The molecule has 1 aromatic rings. The second kappa shape index (κ2) is 4.30. The van der Waals surface area contributed by atoms with Crippen LogP contribution in [0.5, 0.6) is 0 Å². The van der Waals surface area contributed by atoms with E-state index in [4.69, 9.17) is 5.84 Å². The molecule has 1 amide bonds. The third-order valence-corrected chi connectivity index (χ3v) is 1.21. The molecule has 0 saturated heterocycles. The molecular formula is C7H9N3O2. The molecule has 1 heterocycles. The zero-order valence-electron chi connectivity index (χ0n) is 6.36. The van der Waals surface area contributed by atoms with Gasteiger partial charge >= 0.3 is 6.09 Å². The normalized spacial score (nSPS) is 9.08. The van der Waals surface area contributed by atoms with Gasteiger partial charge < -0.3 is 4.74 Å². The van der Waals surface area contributed by atoms with Crippen molar-refractivity contribution in [3.63, 3.8) is 0 Å². The highest BCUT2D eigenvalue weighted by atomic mass is 16.5. The standard InChI is InChI=1S/C7H9N3O2/c8-10-7(11)12-5-6-2-1-3-9-4-6/h1-4H,5,8H2,(H,10,11). The lowest BCUT2D eigenvalue weighted by Crippen LogP contribution is -2.30. The Bertz CT molecular complexity index is 250. The van der Waals surface area contributed by atoms with E-state index in [-0.39, 0.29) is 6.61 Å². The highest BCUT2D eigenvalue weighted by molar-refractivity contribution is 5.66. The number of carbonyl (C=O) groups is 1. The van der Waals surface area contributed by atoms with Crippen LogP contribution < -0.4 is 11.3 Å². The van der Waals surface area contributed by atoms with Crippen LogP contribution in [0.2, 0.25) is 0 Å². The minimum absolute atomic E-state index is 0.177. The second-order valence-corrected chi connectivity index (χ2v) is 2.08. The van der Waals surface area contributed by atoms with E-state index >= 15 is 0 Å². The van der Waals surface area contributed by atoms with Crippen molar-refractivity contribution < 1.29 is 9.53 Å². The van der Waals surface area contributed by atoms with E-state index in [1.165, 1.54) is 0 Å². The smallest absolute Gasteiger partial charge is 0.421 e. The quantitative estimate of drug-likeness (QED) is 0.374. The van der Waals surface area contributed by atoms with Gasteiger partial charge in [0.2, 0.25) is 0 Å². The molecule has 0 saturated carbocycles. The van der Waals surface area contributed by atoms with Crippen molar-refractivity contribution in [2.45, 2.75) is 6.61 Å². The number of amides is 1. The summed E-state index contributed by atoms with van der Waals surface area (Å²) in [6, 6.07) is 3.57. The number of hydrogen-bond acceptors (Lipinski definition) is 4. The Morgan fingerprint density at radius 3 is 3.17 bits per heavy atom. The molecule has 1 rings (SSSR count). The summed E-state index contributed by atoms with van der Waals surface area (Å²) in [5, 5.41) is 0. The van der Waals surface area contributed by atoms with Crippen LogP contribution in [0.25, 0.3) is 0 Å². The fourth-order valence-corrected chi connectivity index (χ4v) is 0.674. The Kier molecular flexibility index (Phi) is 3.04. The molecule has 0 spiro atoms. The Balaban J connectivity index is 2.38. The number of nitrogens with zero attached hydrogens (tertiary/aromatic N) is 1. The van der Waals surface area contributed by atoms with E-state index in [0.717, 1.165) is 5.56 Å². The molecule has 0 radical (unpaired) electrons. The topological polar surface area (TPSA) is 77.2 Å². The van der Waals surface area contributed by atoms with Crippen LogP contribution in [-0.2, 0) is 11.3 Å². The molecule has 0 atom stereocenters. The van der Waals surface area contributed by atoms with Crippen LogP contribution >= 0.6 is 0 Å². The summed E-state index contributed by atoms with van der Waals surface area (Å²) >= 11 is 0. The zero-order valence-corrected chi connectivity index (χ0v) is 6.36. The number of aromatic nitrogens is 1. The third-order valence-electron chi connectivity index (χ3n) is 1.21. The predicted molar refractivity (Wildman–Crippen MR) is 41.7 cm³/mol. The van der Waals surface area contributed by atoms with E-state index in [9.17, 15) is 4.79 Å². The fourth-order valence-electron chi connectivity index (χ4n) is 0.674. The minimum Gasteiger partial charge on any atom is -0.444 e. The summed E-state index contributed by atoms with van der Waals surface area (Å²) in [5.41, 5.74) is 2.67. The summed E-state index contributed by atoms with van der Waals surface area (Å²) < 4.78 is 4.66. The van der Waals surface area contributed by atoms with Gasteiger partial charge in [0, 0.05) is 18.0 Å². The first-order chi connectivity index (χ1) is 5.83. The molecule has 5 heteroatoms. The van der Waals surface area contributed by atoms with Crippen molar-refractivity contribution in [2.75, 3.05) is 0 Å². The van der Waals surface area contributed by atoms with Gasteiger partial charge in [0.15, 0.2) is 0 Å². The molecule has 12 heavy (non-hydrogen) atoms. The molecule has 0 fully saturated rings. The van der Waals surface area contributed by atoms with Crippen molar-refractivity contribution in [1.82, 2.24) is 10.4 Å². The molecule has 5 nitrogen and oxygen atoms in total. The summed E-state index contributed by atoms with van der Waals surface area (Å²) in [4.78, 5) is 14.4. The summed E-state index contributed by atoms with van der Waals surface area (Å²) in [6.45, 7) is 0.177. The Morgan fingerprint density at radius 1 is 1.75 bits per heavy atom. The van der Waals surface area contributed by atoms with Gasteiger partial charge in [-0.1, -0.05) is 6.07 Å². The number of pyridine rings is 1. The van der Waals surface area contributed by atoms with Crippen molar-refractivity contribution in [2.24, 2.45) is 5.84 Å². The van der Waals surface area contributed by atoms with Gasteiger partial charge in [-0.05, 0) is 6.07 Å². The summed E-state index contributed by atoms with van der Waals surface area (Å²) in [5.74, 6) is 4.80. The number of rotatable bonds is 2. The maximum absolute atomic E-state index is 10.5. The van der Waals surface area contributed by atoms with Gasteiger partial charge in [0.1, 0.15) is 6.61 Å². The Labute approximate surface area is 69.5 Å². The number of carbonyl (C=O) groups excluding carboxylic acids is 1. The summed E-state index contributed by atoms with van der Waals surface area (Å²) in [7, 11) is 0. The van der Waals surface area contributed by atoms with Crippen molar-refractivity contribution in [1.29, 1.82) is 0 Å². The molecule has 0 bridgehead atoms. The average Bonchev–Trinajstić information content (AvgIpc) is 2.16. The van der Waals surface area contributed by atoms with Gasteiger partial charge in [-0.25, -0.2) is 10.6 Å². The van der Waals surface area contributed by atoms with Gasteiger partial charge in [0.05, 0.1) is 0 Å². The SMILES string of the molecule is NNC(=O)OCc1cccnc1. The molecule has 0 aliphatic carbocycles. The average molecular weight is 167 g/mol. The van der Waals surface area contributed by atoms with Crippen LogP contribution in [0.1, 0.15) is 5.56 Å². The highest BCUT2D eigenvalue weighted by Gasteiger charge is 1.97. The van der Waals surface area contributed by atoms with E-state index in [1.54, 1.807) is 24.5 Å². The first kappa shape index (κ1) is 8.48. The Morgan fingerprint density at radius 2 is 2.58 bits per heavy atom. The molecule has 0 unspecified atom stereocenters. The lowest BCUT2D eigenvalue weighted by molar-refractivity contribution is 0.139. The number of ether oxygens (including phenoxy) is 1. The van der Waals surface area contributed by atoms with E-state index < -0.39 is 6.09 Å². The summed E-state index contributed by atoms with van der Waals surface area (Å²) in [6.07, 6.45) is 2.61. The molecule has 3 N–H and O–H groups in total. The molecular weight excluding hydrogens is 158 g/mol. The lowest BCUT2D eigenvalue weighted by atomic mass is 10.3. The second-order valence-electron chi connectivity index (χ2n) is 2.08. The molecule has 64 valence electrons. The third kappa shape index (κ3) is 2.55. The predicted octanol–water partition coefficient (Wildman–Crippen LogP) is 0.181. The van der Waals surface area contributed by atoms with E-state index in [0.29, 0.717) is 0 Å². The monoisotopic (exact) mass is 167 g/mol. The molecule has 0 aromatic carbocycles. The highest BCUT2D eigenvalue weighted by Crippen LogP contribution is 1.97. The Hall–Kier alpha value is -1.62. The lowest BCUT2D eigenvalue weighted by Gasteiger charge is -2.01. The number of hydrazine groups is 1. The first-order valence-corrected chi connectivity index (χ1v) is 3.35. The van der Waals surface area contributed by atoms with Gasteiger partial charge in [-0.15, -0.1) is 0 Å². The van der Waals surface area contributed by atoms with Gasteiger partial charge in [-0.2, -0.15) is 0 Å². The van der Waals surface area contributed by atoms with Crippen LogP contribution in [0, 0.1) is 0 Å². The van der Waals surface area contributed by atoms with Crippen LogP contribution in [0.4, 0.5) is 4.79 Å². The largest absolute Gasteiger partial charge is 0.444 e. The van der Waals surface area contributed by atoms with Crippen molar-refractivity contribution >= 4 is 6.09 Å². The first-order valence-electron chi connectivity index (χ1n) is 3.35. The van der Waals surface area contributed by atoms with Crippen LogP contribution in [-0.4, -0.2) is 11.1 Å². The van der Waals surface area contributed by atoms with E-state index in [1.807, 2.05) is 5.43 Å². The van der Waals surface area contributed by atoms with Crippen LogP contribution in [0.15, 0.2) is 24.5 Å². The van der Waals surface area contributed by atoms with Gasteiger partial charge in [-0.3, -0.25) is 10.4 Å². The number of hydrogen-bond donors (Lipinski definition) is 2. The van der Waals surface area contributed by atoms with Crippen LogP contribution in [0.3, 0.4) is 0 Å². The maximum Gasteiger partial charge on any atom is 0.421 e. The van der Waals surface area contributed by atoms with E-state index in [2.05, 4.69) is 9.72 Å². The maximum atomic E-state index is 10.5. The van der Waals surface area contributed by atoms with Crippen molar-refractivity contribution in [3.8, 4) is 0 Å². The van der Waals surface area contributed by atoms with Crippen molar-refractivity contribution in [3.05, 3.63) is 30.1 Å². The number of nitrogens with one attached hydrogen (secondary N) is 1. The fraction of sp³-hybridized carbons (Fsp3) is 0.143. The number of nitrogens with two attached hydrogens (primary N) is 1. The molecule has 0 aliphatic rings.